The van der Waals surface area contributed by atoms with Crippen molar-refractivity contribution in [2.24, 2.45) is 0 Å². The van der Waals surface area contributed by atoms with E-state index in [1.54, 1.807) is 0 Å². The summed E-state index contributed by atoms with van der Waals surface area (Å²) in [7, 11) is -3.54. The Morgan fingerprint density at radius 2 is 1.07 bits per heavy atom. The van der Waals surface area contributed by atoms with Gasteiger partial charge in [-0.3, -0.25) is 9.36 Å². The van der Waals surface area contributed by atoms with Gasteiger partial charge in [0.15, 0.2) is 5.66 Å². The monoisotopic (exact) mass is 448 g/mol. The van der Waals surface area contributed by atoms with E-state index in [1.807, 2.05) is 0 Å². The van der Waals surface area contributed by atoms with E-state index >= 15 is 0 Å². The molecule has 0 spiro atoms. The second-order valence-electron chi connectivity index (χ2n) is 8.21. The fourth-order valence-electron chi connectivity index (χ4n) is 3.18. The lowest BCUT2D eigenvalue weighted by atomic mass is 10.1. The van der Waals surface area contributed by atoms with E-state index in [0.29, 0.717) is 26.2 Å². The molecule has 0 aliphatic carbocycles. The third-order valence-electron chi connectivity index (χ3n) is 5.27. The Morgan fingerprint density at radius 1 is 0.633 bits per heavy atom. The first kappa shape index (κ1) is 29.6. The highest BCUT2D eigenvalue weighted by Crippen LogP contribution is 2.55. The summed E-state index contributed by atoms with van der Waals surface area (Å²) in [6.07, 6.45) is 15.2. The smallest absolute Gasteiger partial charge is 0.344 e. The van der Waals surface area contributed by atoms with Gasteiger partial charge in [-0.05, 0) is 25.7 Å². The maximum absolute atomic E-state index is 13.6. The van der Waals surface area contributed by atoms with Crippen LogP contribution in [0.15, 0.2) is 0 Å². The van der Waals surface area contributed by atoms with E-state index in [4.69, 9.17) is 13.8 Å². The van der Waals surface area contributed by atoms with Crippen LogP contribution in [0.4, 0.5) is 0 Å². The lowest BCUT2D eigenvalue weighted by molar-refractivity contribution is -0.143. The van der Waals surface area contributed by atoms with Crippen molar-refractivity contribution < 1.29 is 23.1 Å². The molecule has 0 aliphatic heterocycles. The largest absolute Gasteiger partial charge is 0.465 e. The molecule has 30 heavy (non-hydrogen) atoms. The molecule has 0 aliphatic rings. The van der Waals surface area contributed by atoms with Gasteiger partial charge in [0.2, 0.25) is 0 Å². The molecule has 0 bridgehead atoms. The maximum atomic E-state index is 13.6. The van der Waals surface area contributed by atoms with E-state index in [-0.39, 0.29) is 0 Å². The van der Waals surface area contributed by atoms with Crippen molar-refractivity contribution >= 4 is 13.6 Å². The molecule has 0 amide bonds. The van der Waals surface area contributed by atoms with E-state index in [2.05, 4.69) is 27.7 Å². The van der Waals surface area contributed by atoms with Gasteiger partial charge in [-0.2, -0.15) is 0 Å². The standard InChI is InChI=1S/C24H49O5P/c1-5-9-13-14-15-16-17-18-19-23(24(25)27-20-10-6-2)30(26,28-21-11-7-3)29-22-12-8-4/h23H,5-22H2,1-4H3/t23-/m1/s1. The van der Waals surface area contributed by atoms with Crippen LogP contribution in [0.5, 0.6) is 0 Å². The topological polar surface area (TPSA) is 61.8 Å². The molecular formula is C24H49O5P. The minimum Gasteiger partial charge on any atom is -0.465 e. The van der Waals surface area contributed by atoms with Crippen molar-refractivity contribution in [1.29, 1.82) is 0 Å². The molecule has 0 heterocycles. The minimum absolute atomic E-state index is 0.357. The van der Waals surface area contributed by atoms with Crippen molar-refractivity contribution in [1.82, 2.24) is 0 Å². The highest BCUT2D eigenvalue weighted by atomic mass is 31.2. The Morgan fingerprint density at radius 3 is 1.57 bits per heavy atom. The highest BCUT2D eigenvalue weighted by molar-refractivity contribution is 7.55. The van der Waals surface area contributed by atoms with Crippen LogP contribution in [0.2, 0.25) is 0 Å². The zero-order chi connectivity index (χ0) is 22.5. The number of unbranched alkanes of at least 4 members (excludes halogenated alkanes) is 10. The van der Waals surface area contributed by atoms with Gasteiger partial charge in [0, 0.05) is 0 Å². The van der Waals surface area contributed by atoms with E-state index in [9.17, 15) is 9.36 Å². The predicted molar refractivity (Wildman–Crippen MR) is 126 cm³/mol. The van der Waals surface area contributed by atoms with Gasteiger partial charge in [0.1, 0.15) is 0 Å². The van der Waals surface area contributed by atoms with Gasteiger partial charge >= 0.3 is 13.6 Å². The predicted octanol–water partition coefficient (Wildman–Crippen LogP) is 8.06. The number of rotatable bonds is 22. The summed E-state index contributed by atoms with van der Waals surface area (Å²) in [5.41, 5.74) is -0.803. The van der Waals surface area contributed by atoms with Crippen LogP contribution >= 0.6 is 7.60 Å². The fourth-order valence-corrected chi connectivity index (χ4v) is 5.21. The second-order valence-corrected chi connectivity index (χ2v) is 10.4. The molecule has 180 valence electrons. The van der Waals surface area contributed by atoms with Crippen LogP contribution in [0.3, 0.4) is 0 Å². The molecule has 0 saturated heterocycles. The molecule has 0 aromatic heterocycles. The Balaban J connectivity index is 4.90. The van der Waals surface area contributed by atoms with Crippen molar-refractivity contribution in [2.75, 3.05) is 19.8 Å². The van der Waals surface area contributed by atoms with Crippen LogP contribution in [0.1, 0.15) is 124 Å². The molecule has 0 fully saturated rings. The zero-order valence-corrected chi connectivity index (χ0v) is 21.2. The third-order valence-corrected chi connectivity index (χ3v) is 7.58. The summed E-state index contributed by atoms with van der Waals surface area (Å²) in [4.78, 5) is 12.8. The van der Waals surface area contributed by atoms with E-state index in [0.717, 1.165) is 57.8 Å². The molecule has 0 N–H and O–H groups in total. The van der Waals surface area contributed by atoms with Gasteiger partial charge < -0.3 is 13.8 Å². The molecule has 1 atom stereocenters. The zero-order valence-electron chi connectivity index (χ0n) is 20.3. The van der Waals surface area contributed by atoms with Crippen molar-refractivity contribution in [3.8, 4) is 0 Å². The van der Waals surface area contributed by atoms with Crippen molar-refractivity contribution in [3.05, 3.63) is 0 Å². The SMILES string of the molecule is CCCCCCCCCC[C@H](C(=O)OCCCC)P(=O)(OCCCC)OCCCC. The normalized spacial score (nSPS) is 12.8. The van der Waals surface area contributed by atoms with E-state index < -0.39 is 19.2 Å². The number of carbonyl (C=O) groups is 1. The Bertz CT molecular complexity index is 427. The Labute approximate surface area is 186 Å². The Kier molecular flexibility index (Phi) is 20.3. The molecule has 0 aromatic rings. The van der Waals surface area contributed by atoms with Crippen LogP contribution in [-0.4, -0.2) is 31.4 Å². The summed E-state index contributed by atoms with van der Waals surface area (Å²) in [5, 5.41) is 0. The first-order valence-electron chi connectivity index (χ1n) is 12.6. The molecule has 0 saturated carbocycles. The van der Waals surface area contributed by atoms with Crippen LogP contribution < -0.4 is 0 Å². The molecular weight excluding hydrogens is 399 g/mol. The molecule has 0 radical (unpaired) electrons. The van der Waals surface area contributed by atoms with Gasteiger partial charge in [0.25, 0.3) is 0 Å². The number of hydrogen-bond acceptors (Lipinski definition) is 5. The van der Waals surface area contributed by atoms with Crippen molar-refractivity contribution in [2.45, 2.75) is 130 Å². The first-order chi connectivity index (χ1) is 14.6. The average molecular weight is 449 g/mol. The number of hydrogen-bond donors (Lipinski definition) is 0. The highest BCUT2D eigenvalue weighted by Gasteiger charge is 2.42. The molecule has 0 aromatic carbocycles. The van der Waals surface area contributed by atoms with Gasteiger partial charge in [-0.1, -0.05) is 98.3 Å². The number of esters is 1. The molecule has 6 heteroatoms. The van der Waals surface area contributed by atoms with Gasteiger partial charge in [-0.15, -0.1) is 0 Å². The summed E-state index contributed by atoms with van der Waals surface area (Å²) >= 11 is 0. The average Bonchev–Trinajstić information content (AvgIpc) is 2.73. The summed E-state index contributed by atoms with van der Waals surface area (Å²) < 4.78 is 30.6. The summed E-state index contributed by atoms with van der Waals surface area (Å²) in [6.45, 7) is 9.48. The van der Waals surface area contributed by atoms with Crippen LogP contribution in [0.25, 0.3) is 0 Å². The number of carbonyl (C=O) groups excluding carboxylic acids is 1. The summed E-state index contributed by atoms with van der Waals surface area (Å²) in [5.74, 6) is -0.414. The molecule has 0 rings (SSSR count). The maximum Gasteiger partial charge on any atom is 0.344 e. The third kappa shape index (κ3) is 14.6. The first-order valence-corrected chi connectivity index (χ1v) is 14.2. The lowest BCUT2D eigenvalue weighted by Gasteiger charge is -2.26. The van der Waals surface area contributed by atoms with Crippen LogP contribution in [0, 0.1) is 0 Å². The van der Waals surface area contributed by atoms with E-state index in [1.165, 1.54) is 32.1 Å². The quantitative estimate of drug-likeness (QED) is 0.0952. The van der Waals surface area contributed by atoms with Crippen LogP contribution in [-0.2, 0) is 23.1 Å². The molecule has 0 unspecified atom stereocenters. The number of ether oxygens (including phenoxy) is 1. The van der Waals surface area contributed by atoms with Gasteiger partial charge in [0.05, 0.1) is 19.8 Å². The minimum atomic E-state index is -3.54. The van der Waals surface area contributed by atoms with Crippen molar-refractivity contribution in [3.63, 3.8) is 0 Å². The molecule has 5 nitrogen and oxygen atoms in total. The Hall–Kier alpha value is -0.380. The lowest BCUT2D eigenvalue weighted by Crippen LogP contribution is -2.26. The second kappa shape index (κ2) is 20.5. The van der Waals surface area contributed by atoms with Gasteiger partial charge in [-0.25, -0.2) is 0 Å². The fraction of sp³-hybridized carbons (Fsp3) is 0.958. The summed E-state index contributed by atoms with van der Waals surface area (Å²) in [6, 6.07) is 0.